The number of ether oxygens (including phenoxy) is 1. The lowest BCUT2D eigenvalue weighted by molar-refractivity contribution is -0.137. The van der Waals surface area contributed by atoms with Crippen molar-refractivity contribution >= 4 is 29.1 Å². The third kappa shape index (κ3) is 6.15. The minimum Gasteiger partial charge on any atom is -0.450 e. The smallest absolute Gasteiger partial charge is 0.416 e. The number of benzene rings is 3. The first-order valence-electron chi connectivity index (χ1n) is 9.50. The quantitative estimate of drug-likeness (QED) is 0.419. The molecule has 0 aliphatic carbocycles. The van der Waals surface area contributed by atoms with Gasteiger partial charge in [-0.3, -0.25) is 5.32 Å². The highest BCUT2D eigenvalue weighted by molar-refractivity contribution is 6.30. The lowest BCUT2D eigenvalue weighted by atomic mass is 10.0. The van der Waals surface area contributed by atoms with E-state index in [0.29, 0.717) is 22.9 Å². The summed E-state index contributed by atoms with van der Waals surface area (Å²) in [4.78, 5) is 11.9. The first kappa shape index (κ1) is 22.5. The molecular formula is C23H20ClF3N2O2. The maximum Gasteiger partial charge on any atom is 0.416 e. The van der Waals surface area contributed by atoms with Crippen molar-refractivity contribution in [1.29, 1.82) is 0 Å². The Labute approximate surface area is 183 Å². The minimum atomic E-state index is -4.37. The van der Waals surface area contributed by atoms with Crippen LogP contribution >= 0.6 is 11.6 Å². The van der Waals surface area contributed by atoms with E-state index in [4.69, 9.17) is 16.3 Å². The van der Waals surface area contributed by atoms with Gasteiger partial charge in [0.2, 0.25) is 0 Å². The molecule has 1 amide bonds. The van der Waals surface area contributed by atoms with Gasteiger partial charge >= 0.3 is 12.3 Å². The van der Waals surface area contributed by atoms with Crippen LogP contribution in [0.2, 0.25) is 5.02 Å². The molecule has 0 atom stereocenters. The molecule has 0 heterocycles. The van der Waals surface area contributed by atoms with Gasteiger partial charge in [0.15, 0.2) is 0 Å². The monoisotopic (exact) mass is 448 g/mol. The van der Waals surface area contributed by atoms with Crippen LogP contribution < -0.4 is 10.6 Å². The van der Waals surface area contributed by atoms with Crippen molar-refractivity contribution in [1.82, 2.24) is 0 Å². The Morgan fingerprint density at radius 2 is 1.68 bits per heavy atom. The minimum absolute atomic E-state index is 0.247. The first-order valence-corrected chi connectivity index (χ1v) is 9.88. The van der Waals surface area contributed by atoms with E-state index in [1.807, 2.05) is 24.3 Å². The van der Waals surface area contributed by atoms with E-state index in [1.165, 1.54) is 12.1 Å². The normalized spacial score (nSPS) is 11.1. The Morgan fingerprint density at radius 3 is 2.29 bits per heavy atom. The number of amides is 1. The molecule has 0 spiro atoms. The standard InChI is InChI=1S/C23H20ClF3N2O2/c1-2-31-22(30)29-21-12-3-15(13-20(21)16-4-8-18(24)9-5-16)14-28-19-10-6-17(7-11-19)23(25,26)27/h3-13,28H,2,14H2,1H3,(H,29,30). The predicted molar refractivity (Wildman–Crippen MR) is 116 cm³/mol. The molecule has 0 aliphatic heterocycles. The van der Waals surface area contributed by atoms with Crippen LogP contribution in [0.25, 0.3) is 11.1 Å². The molecule has 3 rings (SSSR count). The highest BCUT2D eigenvalue weighted by atomic mass is 35.5. The van der Waals surface area contributed by atoms with Gasteiger partial charge < -0.3 is 10.1 Å². The average Bonchev–Trinajstić information content (AvgIpc) is 2.73. The maximum atomic E-state index is 12.7. The Kier molecular flexibility index (Phi) is 7.07. The Hall–Kier alpha value is -3.19. The van der Waals surface area contributed by atoms with Crippen molar-refractivity contribution in [3.05, 3.63) is 82.9 Å². The van der Waals surface area contributed by atoms with E-state index in [9.17, 15) is 18.0 Å². The summed E-state index contributed by atoms with van der Waals surface area (Å²) in [5.74, 6) is 0. The number of alkyl halides is 3. The summed E-state index contributed by atoms with van der Waals surface area (Å²) in [7, 11) is 0. The van der Waals surface area contributed by atoms with Gasteiger partial charge in [0.05, 0.1) is 17.9 Å². The molecule has 31 heavy (non-hydrogen) atoms. The maximum absolute atomic E-state index is 12.7. The molecular weight excluding hydrogens is 429 g/mol. The number of nitrogens with one attached hydrogen (secondary N) is 2. The lowest BCUT2D eigenvalue weighted by Gasteiger charge is -2.14. The Morgan fingerprint density at radius 1 is 1.00 bits per heavy atom. The van der Waals surface area contributed by atoms with Crippen molar-refractivity contribution in [2.75, 3.05) is 17.2 Å². The van der Waals surface area contributed by atoms with Gasteiger partial charge in [-0.05, 0) is 66.6 Å². The number of carbonyl (C=O) groups is 1. The van der Waals surface area contributed by atoms with E-state index in [2.05, 4.69) is 10.6 Å². The van der Waals surface area contributed by atoms with Crippen LogP contribution in [0.15, 0.2) is 66.7 Å². The van der Waals surface area contributed by atoms with E-state index < -0.39 is 17.8 Å². The summed E-state index contributed by atoms with van der Waals surface area (Å²) in [5, 5.41) is 6.42. The molecule has 0 saturated heterocycles. The molecule has 0 unspecified atom stereocenters. The van der Waals surface area contributed by atoms with Crippen LogP contribution in [0.3, 0.4) is 0 Å². The molecule has 0 aliphatic rings. The summed E-state index contributed by atoms with van der Waals surface area (Å²) >= 11 is 5.98. The highest BCUT2D eigenvalue weighted by Gasteiger charge is 2.29. The number of rotatable bonds is 6. The van der Waals surface area contributed by atoms with Crippen molar-refractivity contribution in [3.8, 4) is 11.1 Å². The Balaban J connectivity index is 1.81. The van der Waals surface area contributed by atoms with Gasteiger partial charge in [0.1, 0.15) is 0 Å². The molecule has 0 bridgehead atoms. The average molecular weight is 449 g/mol. The third-order valence-electron chi connectivity index (χ3n) is 4.46. The fourth-order valence-electron chi connectivity index (χ4n) is 2.94. The summed E-state index contributed by atoms with van der Waals surface area (Å²) in [5.41, 5.74) is 2.91. The van der Waals surface area contributed by atoms with Gasteiger partial charge in [0.25, 0.3) is 0 Å². The lowest BCUT2D eigenvalue weighted by Crippen LogP contribution is -2.14. The number of hydrogen-bond acceptors (Lipinski definition) is 3. The molecule has 8 heteroatoms. The van der Waals surface area contributed by atoms with Gasteiger partial charge in [-0.15, -0.1) is 0 Å². The molecule has 0 radical (unpaired) electrons. The highest BCUT2D eigenvalue weighted by Crippen LogP contribution is 2.32. The van der Waals surface area contributed by atoms with Crippen LogP contribution in [0.4, 0.5) is 29.3 Å². The molecule has 162 valence electrons. The van der Waals surface area contributed by atoms with Gasteiger partial charge in [-0.2, -0.15) is 13.2 Å². The second kappa shape index (κ2) is 9.75. The zero-order valence-corrected chi connectivity index (χ0v) is 17.3. The van der Waals surface area contributed by atoms with E-state index >= 15 is 0 Å². The topological polar surface area (TPSA) is 50.4 Å². The summed E-state index contributed by atoms with van der Waals surface area (Å²) in [6.07, 6.45) is -4.93. The van der Waals surface area contributed by atoms with Crippen molar-refractivity contribution in [2.45, 2.75) is 19.6 Å². The molecule has 2 N–H and O–H groups in total. The van der Waals surface area contributed by atoms with Crippen molar-refractivity contribution in [3.63, 3.8) is 0 Å². The van der Waals surface area contributed by atoms with Crippen molar-refractivity contribution in [2.24, 2.45) is 0 Å². The summed E-state index contributed by atoms with van der Waals surface area (Å²) in [6.45, 7) is 2.35. The second-order valence-electron chi connectivity index (χ2n) is 6.66. The van der Waals surface area contributed by atoms with E-state index in [1.54, 1.807) is 25.1 Å². The third-order valence-corrected chi connectivity index (χ3v) is 4.71. The SMILES string of the molecule is CCOC(=O)Nc1ccc(CNc2ccc(C(F)(F)F)cc2)cc1-c1ccc(Cl)cc1. The van der Waals surface area contributed by atoms with Gasteiger partial charge in [0, 0.05) is 22.8 Å². The molecule has 3 aromatic rings. The van der Waals surface area contributed by atoms with Crippen LogP contribution in [0, 0.1) is 0 Å². The zero-order valence-electron chi connectivity index (χ0n) is 16.6. The molecule has 0 fully saturated rings. The number of hydrogen-bond donors (Lipinski definition) is 2. The zero-order chi connectivity index (χ0) is 22.4. The number of halogens is 4. The Bertz CT molecular complexity index is 1040. The second-order valence-corrected chi connectivity index (χ2v) is 7.10. The largest absolute Gasteiger partial charge is 0.450 e. The molecule has 3 aromatic carbocycles. The van der Waals surface area contributed by atoms with Gasteiger partial charge in [-0.1, -0.05) is 29.8 Å². The summed E-state index contributed by atoms with van der Waals surface area (Å²) < 4.78 is 43.1. The van der Waals surface area contributed by atoms with E-state index in [-0.39, 0.29) is 6.61 Å². The fraction of sp³-hybridized carbons (Fsp3) is 0.174. The van der Waals surface area contributed by atoms with Crippen molar-refractivity contribution < 1.29 is 22.7 Å². The number of anilines is 2. The fourth-order valence-corrected chi connectivity index (χ4v) is 3.06. The first-order chi connectivity index (χ1) is 14.8. The predicted octanol–water partition coefficient (Wildman–Crippen LogP) is 7.21. The van der Waals surface area contributed by atoms with Crippen LogP contribution in [0.1, 0.15) is 18.1 Å². The molecule has 0 aromatic heterocycles. The van der Waals surface area contributed by atoms with Crippen LogP contribution in [0.5, 0.6) is 0 Å². The van der Waals surface area contributed by atoms with Gasteiger partial charge in [-0.25, -0.2) is 4.79 Å². The van der Waals surface area contributed by atoms with E-state index in [0.717, 1.165) is 28.8 Å². The number of carbonyl (C=O) groups excluding carboxylic acids is 1. The molecule has 4 nitrogen and oxygen atoms in total. The van der Waals surface area contributed by atoms with Crippen LogP contribution in [-0.2, 0) is 17.5 Å². The summed E-state index contributed by atoms with van der Waals surface area (Å²) in [6, 6.07) is 17.5. The molecule has 0 saturated carbocycles. The van der Waals surface area contributed by atoms with Crippen LogP contribution in [-0.4, -0.2) is 12.7 Å².